The largest absolute Gasteiger partial charge is 0.351 e. The maximum atomic E-state index is 11.6. The first-order chi connectivity index (χ1) is 7.50. The quantitative estimate of drug-likeness (QED) is 0.801. The van der Waals surface area contributed by atoms with E-state index in [-0.39, 0.29) is 10.9 Å². The number of hydrogen-bond donors (Lipinski definition) is 2. The lowest BCUT2D eigenvalue weighted by Crippen LogP contribution is -2.31. The van der Waals surface area contributed by atoms with Crippen molar-refractivity contribution < 1.29 is 4.79 Å². The fourth-order valence-electron chi connectivity index (χ4n) is 1.08. The first kappa shape index (κ1) is 12.7. The fraction of sp³-hybridized carbons (Fsp3) is 0.400. The molecule has 0 aliphatic carbocycles. The van der Waals surface area contributed by atoms with E-state index in [0.717, 1.165) is 6.54 Å². The Kier molecular flexibility index (Phi) is 4.52. The summed E-state index contributed by atoms with van der Waals surface area (Å²) in [7, 11) is 3.84. The highest BCUT2D eigenvalue weighted by molar-refractivity contribution is 6.30. The van der Waals surface area contributed by atoms with E-state index in [0.29, 0.717) is 12.1 Å². The van der Waals surface area contributed by atoms with Gasteiger partial charge in [0.25, 0.3) is 11.5 Å². The third-order valence-corrected chi connectivity index (χ3v) is 2.25. The summed E-state index contributed by atoms with van der Waals surface area (Å²) in [5, 5.41) is 2.73. The number of nitrogens with one attached hydrogen (secondary N) is 2. The van der Waals surface area contributed by atoms with E-state index in [9.17, 15) is 9.59 Å². The zero-order chi connectivity index (χ0) is 12.1. The molecule has 1 aromatic rings. The van der Waals surface area contributed by atoms with Crippen molar-refractivity contribution in [3.05, 3.63) is 33.2 Å². The topological polar surface area (TPSA) is 65.2 Å². The molecule has 0 spiro atoms. The number of pyridine rings is 1. The molecule has 0 fully saturated rings. The van der Waals surface area contributed by atoms with E-state index >= 15 is 0 Å². The number of carbonyl (C=O) groups excluding carboxylic acids is 1. The van der Waals surface area contributed by atoms with Crippen LogP contribution in [0.4, 0.5) is 0 Å². The van der Waals surface area contributed by atoms with E-state index in [2.05, 4.69) is 10.3 Å². The number of H-pyrrole nitrogens is 1. The van der Waals surface area contributed by atoms with Crippen LogP contribution >= 0.6 is 11.6 Å². The average molecular weight is 244 g/mol. The standard InChI is InChI=1S/C10H14ClN3O2/c1-14(2)4-3-12-9(15)7-5-8(11)10(16)13-6-7/h5-6H,3-4H2,1-2H3,(H,12,15)(H,13,16). The number of nitrogens with zero attached hydrogens (tertiary/aromatic N) is 1. The van der Waals surface area contributed by atoms with E-state index in [4.69, 9.17) is 11.6 Å². The van der Waals surface area contributed by atoms with Gasteiger partial charge in [0.2, 0.25) is 0 Å². The maximum absolute atomic E-state index is 11.6. The molecule has 6 heteroatoms. The third-order valence-electron chi connectivity index (χ3n) is 1.96. The van der Waals surface area contributed by atoms with Crippen LogP contribution in [0.5, 0.6) is 0 Å². The van der Waals surface area contributed by atoms with Gasteiger partial charge in [-0.3, -0.25) is 9.59 Å². The van der Waals surface area contributed by atoms with Crippen LogP contribution in [0.1, 0.15) is 10.4 Å². The number of likely N-dealkylation sites (N-methyl/N-ethyl adjacent to an activating group) is 1. The van der Waals surface area contributed by atoms with E-state index in [1.807, 2.05) is 19.0 Å². The van der Waals surface area contributed by atoms with Crippen LogP contribution in [-0.4, -0.2) is 43.0 Å². The van der Waals surface area contributed by atoms with Crippen molar-refractivity contribution in [2.75, 3.05) is 27.2 Å². The molecule has 1 heterocycles. The van der Waals surface area contributed by atoms with Gasteiger partial charge < -0.3 is 15.2 Å². The Balaban J connectivity index is 2.60. The molecule has 0 atom stereocenters. The van der Waals surface area contributed by atoms with Gasteiger partial charge in [-0.1, -0.05) is 11.6 Å². The number of halogens is 1. The SMILES string of the molecule is CN(C)CCNC(=O)c1c[nH]c(=O)c(Cl)c1. The lowest BCUT2D eigenvalue weighted by molar-refractivity contribution is 0.0950. The summed E-state index contributed by atoms with van der Waals surface area (Å²) in [5.41, 5.74) is -0.0464. The van der Waals surface area contributed by atoms with Crippen molar-refractivity contribution in [3.63, 3.8) is 0 Å². The molecule has 0 aromatic carbocycles. The van der Waals surface area contributed by atoms with E-state index in [1.54, 1.807) is 0 Å². The Bertz CT molecular complexity index is 428. The Morgan fingerprint density at radius 3 is 2.81 bits per heavy atom. The van der Waals surface area contributed by atoms with Crippen LogP contribution in [0.15, 0.2) is 17.1 Å². The summed E-state index contributed by atoms with van der Waals surface area (Å²) in [6.07, 6.45) is 1.35. The van der Waals surface area contributed by atoms with Gasteiger partial charge in [0.1, 0.15) is 5.02 Å². The third kappa shape index (κ3) is 3.67. The van der Waals surface area contributed by atoms with Gasteiger partial charge in [-0.2, -0.15) is 0 Å². The smallest absolute Gasteiger partial charge is 0.266 e. The number of amides is 1. The number of aromatic amines is 1. The van der Waals surface area contributed by atoms with Crippen LogP contribution in [0, 0.1) is 0 Å². The van der Waals surface area contributed by atoms with Gasteiger partial charge in [-0.15, -0.1) is 0 Å². The van der Waals surface area contributed by atoms with Crippen molar-refractivity contribution in [2.45, 2.75) is 0 Å². The summed E-state index contributed by atoms with van der Waals surface area (Å²) in [6, 6.07) is 1.35. The Morgan fingerprint density at radius 2 is 2.25 bits per heavy atom. The van der Waals surface area contributed by atoms with Gasteiger partial charge in [0.05, 0.1) is 5.56 Å². The van der Waals surface area contributed by atoms with Crippen molar-refractivity contribution in [1.29, 1.82) is 0 Å². The number of rotatable bonds is 4. The minimum absolute atomic E-state index is 0.0141. The minimum atomic E-state index is -0.397. The van der Waals surface area contributed by atoms with Crippen LogP contribution in [-0.2, 0) is 0 Å². The second kappa shape index (κ2) is 5.67. The van der Waals surface area contributed by atoms with Gasteiger partial charge in [-0.05, 0) is 20.2 Å². The number of hydrogen-bond acceptors (Lipinski definition) is 3. The monoisotopic (exact) mass is 243 g/mol. The normalized spacial score (nSPS) is 10.5. The predicted molar refractivity (Wildman–Crippen MR) is 63.0 cm³/mol. The number of aromatic nitrogens is 1. The molecule has 2 N–H and O–H groups in total. The van der Waals surface area contributed by atoms with Crippen LogP contribution in [0.2, 0.25) is 5.02 Å². The molecule has 0 saturated heterocycles. The Hall–Kier alpha value is -1.33. The predicted octanol–water partition coefficient (Wildman–Crippen LogP) is 0.320. The lowest BCUT2D eigenvalue weighted by Gasteiger charge is -2.10. The zero-order valence-electron chi connectivity index (χ0n) is 9.21. The summed E-state index contributed by atoms with van der Waals surface area (Å²) in [6.45, 7) is 1.30. The fourth-order valence-corrected chi connectivity index (χ4v) is 1.25. The zero-order valence-corrected chi connectivity index (χ0v) is 9.97. The van der Waals surface area contributed by atoms with Crippen molar-refractivity contribution in [3.8, 4) is 0 Å². The molecular formula is C10H14ClN3O2. The summed E-state index contributed by atoms with van der Waals surface area (Å²) < 4.78 is 0. The highest BCUT2D eigenvalue weighted by Crippen LogP contribution is 2.03. The summed E-state index contributed by atoms with van der Waals surface area (Å²) in [4.78, 5) is 26.9. The molecule has 1 aromatic heterocycles. The molecule has 0 aliphatic rings. The first-order valence-electron chi connectivity index (χ1n) is 4.82. The molecule has 0 saturated carbocycles. The minimum Gasteiger partial charge on any atom is -0.351 e. The highest BCUT2D eigenvalue weighted by atomic mass is 35.5. The molecule has 5 nitrogen and oxygen atoms in total. The van der Waals surface area contributed by atoms with Crippen LogP contribution < -0.4 is 10.9 Å². The van der Waals surface area contributed by atoms with Crippen molar-refractivity contribution in [1.82, 2.24) is 15.2 Å². The molecule has 0 bridgehead atoms. The second-order valence-corrected chi connectivity index (χ2v) is 4.03. The first-order valence-corrected chi connectivity index (χ1v) is 5.19. The number of carbonyl (C=O) groups is 1. The second-order valence-electron chi connectivity index (χ2n) is 3.62. The Labute approximate surface area is 98.4 Å². The van der Waals surface area contributed by atoms with Gasteiger partial charge in [0.15, 0.2) is 0 Å². The molecule has 1 rings (SSSR count). The van der Waals surface area contributed by atoms with Crippen LogP contribution in [0.3, 0.4) is 0 Å². The summed E-state index contributed by atoms with van der Waals surface area (Å²) in [5.74, 6) is -0.250. The molecule has 0 aliphatic heterocycles. The molecule has 88 valence electrons. The molecule has 1 amide bonds. The Morgan fingerprint density at radius 1 is 1.56 bits per heavy atom. The molecule has 0 radical (unpaired) electrons. The molecule has 16 heavy (non-hydrogen) atoms. The average Bonchev–Trinajstić information content (AvgIpc) is 2.21. The van der Waals surface area contributed by atoms with E-state index in [1.165, 1.54) is 12.3 Å². The van der Waals surface area contributed by atoms with Crippen molar-refractivity contribution >= 4 is 17.5 Å². The van der Waals surface area contributed by atoms with Crippen LogP contribution in [0.25, 0.3) is 0 Å². The molecule has 0 unspecified atom stereocenters. The van der Waals surface area contributed by atoms with E-state index < -0.39 is 5.56 Å². The van der Waals surface area contributed by atoms with Gasteiger partial charge in [0, 0.05) is 19.3 Å². The van der Waals surface area contributed by atoms with Gasteiger partial charge in [-0.25, -0.2) is 0 Å². The maximum Gasteiger partial charge on any atom is 0.266 e. The lowest BCUT2D eigenvalue weighted by atomic mass is 10.2. The van der Waals surface area contributed by atoms with Gasteiger partial charge >= 0.3 is 0 Å². The highest BCUT2D eigenvalue weighted by Gasteiger charge is 2.07. The summed E-state index contributed by atoms with van der Waals surface area (Å²) >= 11 is 5.61. The molecular weight excluding hydrogens is 230 g/mol. The van der Waals surface area contributed by atoms with Crippen molar-refractivity contribution in [2.24, 2.45) is 0 Å².